The lowest BCUT2D eigenvalue weighted by molar-refractivity contribution is -0.115. The van der Waals surface area contributed by atoms with Gasteiger partial charge >= 0.3 is 0 Å². The van der Waals surface area contributed by atoms with Crippen molar-refractivity contribution in [3.63, 3.8) is 0 Å². The molecule has 2 aromatic rings. The lowest BCUT2D eigenvalue weighted by atomic mass is 10.2. The molecule has 0 atom stereocenters. The predicted molar refractivity (Wildman–Crippen MR) is 83.7 cm³/mol. The highest BCUT2D eigenvalue weighted by Gasteiger charge is 2.22. The Morgan fingerprint density at radius 2 is 1.90 bits per heavy atom. The van der Waals surface area contributed by atoms with Crippen LogP contribution in [0.2, 0.25) is 0 Å². The number of para-hydroxylation sites is 1. The lowest BCUT2D eigenvalue weighted by Gasteiger charge is -2.10. The Labute approximate surface area is 130 Å². The third-order valence-electron chi connectivity index (χ3n) is 3.13. The number of benzene rings is 2. The largest absolute Gasteiger partial charge is 0.326 e. The number of sulfonamides is 1. The van der Waals surface area contributed by atoms with Crippen LogP contribution < -0.4 is 10.0 Å². The number of rotatable bonds is 3. The van der Waals surface area contributed by atoms with Gasteiger partial charge in [-0.3, -0.25) is 9.52 Å². The summed E-state index contributed by atoms with van der Waals surface area (Å²) in [6, 6.07) is 11.6. The van der Waals surface area contributed by atoms with Crippen molar-refractivity contribution in [1.82, 2.24) is 0 Å². The number of nitrogens with one attached hydrogen (secondary N) is 2. The average Bonchev–Trinajstić information content (AvgIpc) is 2.80. The van der Waals surface area contributed by atoms with Crippen molar-refractivity contribution < 1.29 is 13.2 Å². The molecule has 0 spiro atoms. The maximum atomic E-state index is 12.4. The Morgan fingerprint density at radius 1 is 1.14 bits per heavy atom. The summed E-state index contributed by atoms with van der Waals surface area (Å²) in [6.45, 7) is 0. The van der Waals surface area contributed by atoms with Gasteiger partial charge in [0.25, 0.3) is 10.0 Å². The molecule has 0 saturated carbocycles. The summed E-state index contributed by atoms with van der Waals surface area (Å²) in [5.74, 6) is -0.127. The highest BCUT2D eigenvalue weighted by Crippen LogP contribution is 2.28. The summed E-state index contributed by atoms with van der Waals surface area (Å²) < 4.78 is 28.0. The maximum absolute atomic E-state index is 12.4. The SMILES string of the molecule is O=C1Cc2cc(S(=O)(=O)Nc3ccccc3Br)ccc2N1. The van der Waals surface area contributed by atoms with E-state index in [9.17, 15) is 13.2 Å². The molecule has 0 radical (unpaired) electrons. The Balaban J connectivity index is 1.95. The first-order valence-electron chi connectivity index (χ1n) is 6.16. The predicted octanol–water partition coefficient (Wildman–Crippen LogP) is 2.74. The van der Waals surface area contributed by atoms with E-state index < -0.39 is 10.0 Å². The Morgan fingerprint density at radius 3 is 2.67 bits per heavy atom. The van der Waals surface area contributed by atoms with E-state index in [4.69, 9.17) is 0 Å². The molecular weight excluding hydrogens is 356 g/mol. The number of fused-ring (bicyclic) bond motifs is 1. The van der Waals surface area contributed by atoms with E-state index in [-0.39, 0.29) is 17.2 Å². The number of halogens is 1. The summed E-state index contributed by atoms with van der Waals surface area (Å²) >= 11 is 3.30. The van der Waals surface area contributed by atoms with Crippen LogP contribution in [0.5, 0.6) is 0 Å². The van der Waals surface area contributed by atoms with Crippen LogP contribution in [0.15, 0.2) is 51.8 Å². The van der Waals surface area contributed by atoms with Crippen LogP contribution in [-0.4, -0.2) is 14.3 Å². The quantitative estimate of drug-likeness (QED) is 0.876. The van der Waals surface area contributed by atoms with E-state index >= 15 is 0 Å². The zero-order valence-corrected chi connectivity index (χ0v) is 13.2. The van der Waals surface area contributed by atoms with Crippen LogP contribution in [0.1, 0.15) is 5.56 Å². The van der Waals surface area contributed by atoms with Crippen molar-refractivity contribution in [2.75, 3.05) is 10.0 Å². The second-order valence-electron chi connectivity index (χ2n) is 4.63. The molecule has 3 rings (SSSR count). The minimum atomic E-state index is -3.69. The van der Waals surface area contributed by atoms with Gasteiger partial charge in [-0.1, -0.05) is 12.1 Å². The van der Waals surface area contributed by atoms with Crippen molar-refractivity contribution >= 4 is 43.2 Å². The second-order valence-corrected chi connectivity index (χ2v) is 7.17. The Hall–Kier alpha value is -1.86. The molecule has 7 heteroatoms. The molecule has 1 aliphatic heterocycles. The number of hydrogen-bond acceptors (Lipinski definition) is 3. The van der Waals surface area contributed by atoms with Gasteiger partial charge in [-0.2, -0.15) is 0 Å². The van der Waals surface area contributed by atoms with E-state index in [1.165, 1.54) is 12.1 Å². The van der Waals surface area contributed by atoms with Gasteiger partial charge in [0.05, 0.1) is 17.0 Å². The fourth-order valence-electron chi connectivity index (χ4n) is 2.12. The molecule has 1 aliphatic rings. The summed E-state index contributed by atoms with van der Waals surface area (Å²) in [5.41, 5.74) is 1.82. The summed E-state index contributed by atoms with van der Waals surface area (Å²) in [5, 5.41) is 2.67. The van der Waals surface area contributed by atoms with Gasteiger partial charge < -0.3 is 5.32 Å². The molecule has 0 bridgehead atoms. The normalized spacial score (nSPS) is 13.7. The highest BCUT2D eigenvalue weighted by molar-refractivity contribution is 9.10. The first-order chi connectivity index (χ1) is 9.95. The van der Waals surface area contributed by atoms with Crippen molar-refractivity contribution in [1.29, 1.82) is 0 Å². The van der Waals surface area contributed by atoms with E-state index in [1.54, 1.807) is 30.3 Å². The van der Waals surface area contributed by atoms with Gasteiger partial charge in [-0.05, 0) is 51.8 Å². The number of hydrogen-bond donors (Lipinski definition) is 2. The van der Waals surface area contributed by atoms with Crippen LogP contribution in [0.3, 0.4) is 0 Å². The van der Waals surface area contributed by atoms with Crippen LogP contribution >= 0.6 is 15.9 Å². The molecule has 0 aliphatic carbocycles. The molecule has 0 unspecified atom stereocenters. The Bertz CT molecular complexity index is 834. The highest BCUT2D eigenvalue weighted by atomic mass is 79.9. The molecule has 0 saturated heterocycles. The molecule has 5 nitrogen and oxygen atoms in total. The van der Waals surface area contributed by atoms with E-state index in [2.05, 4.69) is 26.0 Å². The van der Waals surface area contributed by atoms with Crippen LogP contribution in [0, 0.1) is 0 Å². The molecule has 0 fully saturated rings. The van der Waals surface area contributed by atoms with Crippen molar-refractivity contribution in [3.8, 4) is 0 Å². The number of anilines is 2. The third kappa shape index (κ3) is 2.79. The van der Waals surface area contributed by atoms with Gasteiger partial charge in [-0.25, -0.2) is 8.42 Å². The number of amides is 1. The molecule has 2 N–H and O–H groups in total. The Kier molecular flexibility index (Phi) is 3.46. The summed E-state index contributed by atoms with van der Waals surface area (Å²) in [7, 11) is -3.69. The van der Waals surface area contributed by atoms with Gasteiger partial charge in [0, 0.05) is 10.2 Å². The van der Waals surface area contributed by atoms with E-state index in [0.717, 1.165) is 0 Å². The fraction of sp³-hybridized carbons (Fsp3) is 0.0714. The van der Waals surface area contributed by atoms with Crippen molar-refractivity contribution in [3.05, 3.63) is 52.5 Å². The van der Waals surface area contributed by atoms with E-state index in [0.29, 0.717) is 21.4 Å². The molecule has 2 aromatic carbocycles. The molecule has 21 heavy (non-hydrogen) atoms. The van der Waals surface area contributed by atoms with Gasteiger partial charge in [-0.15, -0.1) is 0 Å². The number of carbonyl (C=O) groups excluding carboxylic acids is 1. The smallest absolute Gasteiger partial charge is 0.261 e. The molecular formula is C14H11BrN2O3S. The summed E-state index contributed by atoms with van der Waals surface area (Å²) in [4.78, 5) is 11.4. The minimum Gasteiger partial charge on any atom is -0.326 e. The fourth-order valence-corrected chi connectivity index (χ4v) is 3.77. The third-order valence-corrected chi connectivity index (χ3v) is 5.18. The zero-order valence-electron chi connectivity index (χ0n) is 10.8. The van der Waals surface area contributed by atoms with Gasteiger partial charge in [0.1, 0.15) is 0 Å². The standard InChI is InChI=1S/C14H11BrN2O3S/c15-11-3-1-2-4-13(11)17-21(19,20)10-5-6-12-9(7-10)8-14(18)16-12/h1-7,17H,8H2,(H,16,18). The molecule has 0 aromatic heterocycles. The van der Waals surface area contributed by atoms with Crippen molar-refractivity contribution in [2.24, 2.45) is 0 Å². The minimum absolute atomic E-state index is 0.127. The monoisotopic (exact) mass is 366 g/mol. The van der Waals surface area contributed by atoms with Gasteiger partial charge in [0.15, 0.2) is 0 Å². The first-order valence-corrected chi connectivity index (χ1v) is 8.43. The maximum Gasteiger partial charge on any atom is 0.261 e. The van der Waals surface area contributed by atoms with Gasteiger partial charge in [0.2, 0.25) is 5.91 Å². The molecule has 108 valence electrons. The first kappa shape index (κ1) is 14.1. The topological polar surface area (TPSA) is 75.3 Å². The molecule has 1 amide bonds. The van der Waals surface area contributed by atoms with Crippen molar-refractivity contribution in [2.45, 2.75) is 11.3 Å². The van der Waals surface area contributed by atoms with Crippen LogP contribution in [-0.2, 0) is 21.2 Å². The molecule has 1 heterocycles. The van der Waals surface area contributed by atoms with E-state index in [1.807, 2.05) is 0 Å². The lowest BCUT2D eigenvalue weighted by Crippen LogP contribution is -2.13. The summed E-state index contributed by atoms with van der Waals surface area (Å²) in [6.07, 6.45) is 0.202. The van der Waals surface area contributed by atoms with Crippen LogP contribution in [0.25, 0.3) is 0 Å². The second kappa shape index (κ2) is 5.16. The van der Waals surface area contributed by atoms with Crippen LogP contribution in [0.4, 0.5) is 11.4 Å². The average molecular weight is 367 g/mol. The number of carbonyl (C=O) groups is 1. The zero-order chi connectivity index (χ0) is 15.0.